The summed E-state index contributed by atoms with van der Waals surface area (Å²) in [5.74, 6) is -0.989. The molecule has 1 aromatic heterocycles. The van der Waals surface area contributed by atoms with Gasteiger partial charge in [-0.3, -0.25) is 0 Å². The first-order valence-corrected chi connectivity index (χ1v) is 7.88. The summed E-state index contributed by atoms with van der Waals surface area (Å²) in [5, 5.41) is 11.1. The zero-order valence-electron chi connectivity index (χ0n) is 12.3. The Bertz CT molecular complexity index is 922. The predicted molar refractivity (Wildman–Crippen MR) is 93.5 cm³/mol. The zero-order valence-corrected chi connectivity index (χ0v) is 13.8. The van der Waals surface area contributed by atoms with Gasteiger partial charge in [0.25, 0.3) is 0 Å². The normalized spacial score (nSPS) is 10.9. The second-order valence-electron chi connectivity index (χ2n) is 5.15. The van der Waals surface area contributed by atoms with Crippen molar-refractivity contribution in [3.8, 4) is 11.3 Å². The Labute approximate surface area is 143 Å². The van der Waals surface area contributed by atoms with E-state index in [9.17, 15) is 9.90 Å². The zero-order chi connectivity index (χ0) is 16.6. The van der Waals surface area contributed by atoms with Crippen LogP contribution in [0.25, 0.3) is 22.2 Å². The number of benzene rings is 2. The number of hydrogen-bond donors (Lipinski definition) is 1. The lowest BCUT2D eigenvalue weighted by molar-refractivity contribution is 0.0699. The molecule has 0 amide bonds. The molecule has 3 nitrogen and oxygen atoms in total. The number of carboxylic acid groups (broad SMARTS) is 1. The molecule has 0 atom stereocenters. The molecule has 0 saturated heterocycles. The minimum atomic E-state index is -0.989. The van der Waals surface area contributed by atoms with Crippen LogP contribution in [0.15, 0.2) is 42.5 Å². The molecule has 0 bridgehead atoms. The number of halogens is 2. The summed E-state index contributed by atoms with van der Waals surface area (Å²) in [6.45, 7) is 2.01. The van der Waals surface area contributed by atoms with E-state index < -0.39 is 5.97 Å². The lowest BCUT2D eigenvalue weighted by atomic mass is 10.0. The summed E-state index contributed by atoms with van der Waals surface area (Å²) < 4.78 is 0. The third-order valence-corrected chi connectivity index (χ3v) is 4.29. The van der Waals surface area contributed by atoms with Crippen molar-refractivity contribution in [3.63, 3.8) is 0 Å². The third kappa shape index (κ3) is 2.90. The minimum absolute atomic E-state index is 0.214. The number of fused-ring (bicyclic) bond motifs is 1. The first-order valence-electron chi connectivity index (χ1n) is 7.12. The lowest BCUT2D eigenvalue weighted by Crippen LogP contribution is -2.02. The highest BCUT2D eigenvalue weighted by Crippen LogP contribution is 2.32. The second-order valence-corrected chi connectivity index (χ2v) is 5.99. The maximum atomic E-state index is 11.7. The van der Waals surface area contributed by atoms with Gasteiger partial charge in [-0.2, -0.15) is 0 Å². The molecule has 0 unspecified atom stereocenters. The number of para-hydroxylation sites is 1. The summed E-state index contributed by atoms with van der Waals surface area (Å²) in [5.41, 5.74) is 3.09. The Kier molecular flexibility index (Phi) is 4.24. The molecule has 2 aromatic carbocycles. The van der Waals surface area contributed by atoms with Gasteiger partial charge >= 0.3 is 5.97 Å². The van der Waals surface area contributed by atoms with Crippen LogP contribution in [0.2, 0.25) is 10.0 Å². The SMILES string of the molecule is CCc1cccc2c(C(=O)O)cc(-c3ccc(Cl)cc3Cl)nc12. The third-order valence-electron chi connectivity index (χ3n) is 3.74. The number of aryl methyl sites for hydroxylation is 1. The van der Waals surface area contributed by atoms with Crippen molar-refractivity contribution in [2.24, 2.45) is 0 Å². The first kappa shape index (κ1) is 15.8. The Morgan fingerprint density at radius 1 is 1.17 bits per heavy atom. The van der Waals surface area contributed by atoms with E-state index in [2.05, 4.69) is 4.98 Å². The van der Waals surface area contributed by atoms with E-state index in [0.29, 0.717) is 32.2 Å². The molecule has 1 heterocycles. The van der Waals surface area contributed by atoms with Gasteiger partial charge in [-0.05, 0) is 36.2 Å². The van der Waals surface area contributed by atoms with Gasteiger partial charge in [0.15, 0.2) is 0 Å². The van der Waals surface area contributed by atoms with Crippen LogP contribution >= 0.6 is 23.2 Å². The fraction of sp³-hybridized carbons (Fsp3) is 0.111. The number of carboxylic acids is 1. The van der Waals surface area contributed by atoms with Crippen molar-refractivity contribution in [3.05, 3.63) is 63.6 Å². The summed E-state index contributed by atoms with van der Waals surface area (Å²) in [4.78, 5) is 16.3. The van der Waals surface area contributed by atoms with Gasteiger partial charge in [-0.15, -0.1) is 0 Å². The van der Waals surface area contributed by atoms with Crippen LogP contribution in [0.3, 0.4) is 0 Å². The van der Waals surface area contributed by atoms with Gasteiger partial charge in [0.1, 0.15) is 0 Å². The van der Waals surface area contributed by atoms with Gasteiger partial charge in [0.05, 0.1) is 21.8 Å². The number of carbonyl (C=O) groups is 1. The molecule has 0 aliphatic carbocycles. The van der Waals surface area contributed by atoms with E-state index in [-0.39, 0.29) is 5.56 Å². The maximum absolute atomic E-state index is 11.7. The van der Waals surface area contributed by atoms with E-state index in [1.165, 1.54) is 0 Å². The van der Waals surface area contributed by atoms with Crippen molar-refractivity contribution in [1.29, 1.82) is 0 Å². The van der Waals surface area contributed by atoms with Crippen molar-refractivity contribution in [2.45, 2.75) is 13.3 Å². The number of aromatic carboxylic acids is 1. The van der Waals surface area contributed by atoms with Crippen molar-refractivity contribution in [2.75, 3.05) is 0 Å². The minimum Gasteiger partial charge on any atom is -0.478 e. The van der Waals surface area contributed by atoms with Gasteiger partial charge < -0.3 is 5.11 Å². The molecule has 0 fully saturated rings. The quantitative estimate of drug-likeness (QED) is 0.684. The number of rotatable bonds is 3. The van der Waals surface area contributed by atoms with Crippen LogP contribution in [0, 0.1) is 0 Å². The maximum Gasteiger partial charge on any atom is 0.336 e. The monoisotopic (exact) mass is 345 g/mol. The van der Waals surface area contributed by atoms with Crippen LogP contribution in [0.1, 0.15) is 22.8 Å². The molecule has 3 aromatic rings. The molecule has 0 saturated carbocycles. The molecule has 5 heteroatoms. The average Bonchev–Trinajstić information content (AvgIpc) is 2.53. The highest BCUT2D eigenvalue weighted by Gasteiger charge is 2.16. The van der Waals surface area contributed by atoms with Crippen LogP contribution in [-0.2, 0) is 6.42 Å². The van der Waals surface area contributed by atoms with Gasteiger partial charge in [0, 0.05) is 16.0 Å². The molecule has 0 spiro atoms. The number of pyridine rings is 1. The first-order chi connectivity index (χ1) is 11.0. The van der Waals surface area contributed by atoms with Crippen molar-refractivity contribution >= 4 is 40.1 Å². The topological polar surface area (TPSA) is 50.2 Å². The van der Waals surface area contributed by atoms with E-state index >= 15 is 0 Å². The highest BCUT2D eigenvalue weighted by molar-refractivity contribution is 6.36. The van der Waals surface area contributed by atoms with Crippen LogP contribution in [0.5, 0.6) is 0 Å². The smallest absolute Gasteiger partial charge is 0.336 e. The van der Waals surface area contributed by atoms with Gasteiger partial charge in [-0.25, -0.2) is 9.78 Å². The summed E-state index contributed by atoms with van der Waals surface area (Å²) in [6.07, 6.45) is 0.765. The van der Waals surface area contributed by atoms with Crippen LogP contribution < -0.4 is 0 Å². The fourth-order valence-electron chi connectivity index (χ4n) is 2.61. The van der Waals surface area contributed by atoms with E-state index in [0.717, 1.165) is 12.0 Å². The van der Waals surface area contributed by atoms with Crippen molar-refractivity contribution < 1.29 is 9.90 Å². The van der Waals surface area contributed by atoms with E-state index in [1.807, 2.05) is 19.1 Å². The Morgan fingerprint density at radius 2 is 1.96 bits per heavy atom. The summed E-state index contributed by atoms with van der Waals surface area (Å²) in [6, 6.07) is 12.2. The van der Waals surface area contributed by atoms with E-state index in [4.69, 9.17) is 23.2 Å². The molecule has 1 N–H and O–H groups in total. The average molecular weight is 346 g/mol. The largest absolute Gasteiger partial charge is 0.478 e. The molecular formula is C18H13Cl2NO2. The predicted octanol–water partition coefficient (Wildman–Crippen LogP) is 5.47. The molecule has 0 aliphatic heterocycles. The molecule has 0 aliphatic rings. The number of nitrogens with zero attached hydrogens (tertiary/aromatic N) is 1. The molecule has 0 radical (unpaired) electrons. The van der Waals surface area contributed by atoms with Gasteiger partial charge in [-0.1, -0.05) is 48.3 Å². The number of aromatic nitrogens is 1. The Balaban J connectivity index is 2.36. The Morgan fingerprint density at radius 3 is 2.61 bits per heavy atom. The molecule has 3 rings (SSSR count). The molecule has 116 valence electrons. The fourth-order valence-corrected chi connectivity index (χ4v) is 3.11. The molecule has 23 heavy (non-hydrogen) atoms. The number of hydrogen-bond acceptors (Lipinski definition) is 2. The van der Waals surface area contributed by atoms with Gasteiger partial charge in [0.2, 0.25) is 0 Å². The molecular weight excluding hydrogens is 333 g/mol. The van der Waals surface area contributed by atoms with Crippen LogP contribution in [-0.4, -0.2) is 16.1 Å². The standard InChI is InChI=1S/C18H13Cl2NO2/c1-2-10-4-3-5-12-14(18(22)23)9-16(21-17(10)12)13-7-6-11(19)8-15(13)20/h3-9H,2H2,1H3,(H,22,23). The van der Waals surface area contributed by atoms with E-state index in [1.54, 1.807) is 30.3 Å². The second kappa shape index (κ2) is 6.19. The summed E-state index contributed by atoms with van der Waals surface area (Å²) in [7, 11) is 0. The highest BCUT2D eigenvalue weighted by atomic mass is 35.5. The van der Waals surface area contributed by atoms with Crippen molar-refractivity contribution in [1.82, 2.24) is 4.98 Å². The van der Waals surface area contributed by atoms with Crippen LogP contribution in [0.4, 0.5) is 0 Å². The lowest BCUT2D eigenvalue weighted by Gasteiger charge is -2.11. The summed E-state index contributed by atoms with van der Waals surface area (Å²) >= 11 is 12.2. The Hall–Kier alpha value is -2.10.